The Morgan fingerprint density at radius 1 is 1.15 bits per heavy atom. The zero-order valence-electron chi connectivity index (χ0n) is 8.19. The third kappa shape index (κ3) is 1.94. The van der Waals surface area contributed by atoms with Crippen LogP contribution in [0.15, 0.2) is 24.5 Å². The highest BCUT2D eigenvalue weighted by Gasteiger charge is 2.18. The van der Waals surface area contributed by atoms with Crippen LogP contribution in [0.1, 0.15) is 25.8 Å². The Balaban J connectivity index is 1.92. The Labute approximate surface area is 80.2 Å². The molecule has 0 N–H and O–H groups in total. The van der Waals surface area contributed by atoms with E-state index in [4.69, 9.17) is 0 Å². The third-order valence-electron chi connectivity index (χ3n) is 2.91. The molecule has 1 radical (unpaired) electrons. The monoisotopic (exact) mass is 177 g/mol. The fourth-order valence-corrected chi connectivity index (χ4v) is 2.03. The summed E-state index contributed by atoms with van der Waals surface area (Å²) in [6, 6.07) is 4.95. The molecule has 2 nitrogen and oxygen atoms in total. The number of aromatic nitrogens is 1. The minimum Gasteiger partial charge on any atom is -0.351 e. The predicted octanol–water partition coefficient (Wildman–Crippen LogP) is 2.31. The average molecular weight is 177 g/mol. The van der Waals surface area contributed by atoms with Gasteiger partial charge in [-0.15, -0.1) is 0 Å². The minimum absolute atomic E-state index is 0.728. The molecule has 0 amide bonds. The SMILES string of the molecule is C[CH]N1CCC(n2cccc2)CC1. The molecule has 1 fully saturated rings. The van der Waals surface area contributed by atoms with E-state index in [0.29, 0.717) is 0 Å². The fraction of sp³-hybridized carbons (Fsp3) is 0.545. The van der Waals surface area contributed by atoms with Crippen molar-refractivity contribution in [1.29, 1.82) is 0 Å². The molecule has 0 atom stereocenters. The van der Waals surface area contributed by atoms with Crippen LogP contribution in [0.2, 0.25) is 0 Å². The number of hydrogen-bond acceptors (Lipinski definition) is 1. The van der Waals surface area contributed by atoms with Crippen molar-refractivity contribution in [3.63, 3.8) is 0 Å². The molecule has 71 valence electrons. The van der Waals surface area contributed by atoms with Gasteiger partial charge >= 0.3 is 0 Å². The van der Waals surface area contributed by atoms with Crippen molar-refractivity contribution in [2.24, 2.45) is 0 Å². The van der Waals surface area contributed by atoms with Gasteiger partial charge in [0.1, 0.15) is 0 Å². The normalized spacial score (nSPS) is 20.7. The lowest BCUT2D eigenvalue weighted by molar-refractivity contribution is 0.224. The molecule has 0 spiro atoms. The lowest BCUT2D eigenvalue weighted by Gasteiger charge is -2.31. The van der Waals surface area contributed by atoms with E-state index in [1.165, 1.54) is 25.9 Å². The summed E-state index contributed by atoms with van der Waals surface area (Å²) >= 11 is 0. The molecular formula is C11H17N2. The first-order chi connectivity index (χ1) is 6.40. The van der Waals surface area contributed by atoms with E-state index in [1.807, 2.05) is 0 Å². The van der Waals surface area contributed by atoms with Crippen LogP contribution < -0.4 is 0 Å². The van der Waals surface area contributed by atoms with Gasteiger partial charge in [-0.2, -0.15) is 0 Å². The Morgan fingerprint density at radius 2 is 1.77 bits per heavy atom. The van der Waals surface area contributed by atoms with Gasteiger partial charge in [-0.3, -0.25) is 4.90 Å². The molecule has 1 aliphatic rings. The summed E-state index contributed by atoms with van der Waals surface area (Å²) in [6.07, 6.45) is 6.91. The summed E-state index contributed by atoms with van der Waals surface area (Å²) in [4.78, 5) is 2.40. The molecule has 1 saturated heterocycles. The van der Waals surface area contributed by atoms with Crippen LogP contribution in [0.3, 0.4) is 0 Å². The minimum atomic E-state index is 0.728. The van der Waals surface area contributed by atoms with Crippen molar-refractivity contribution in [2.45, 2.75) is 25.8 Å². The second kappa shape index (κ2) is 3.97. The van der Waals surface area contributed by atoms with E-state index < -0.39 is 0 Å². The summed E-state index contributed by atoms with van der Waals surface area (Å²) < 4.78 is 2.34. The van der Waals surface area contributed by atoms with Crippen molar-refractivity contribution in [1.82, 2.24) is 9.47 Å². The van der Waals surface area contributed by atoms with Crippen molar-refractivity contribution in [2.75, 3.05) is 13.1 Å². The molecule has 0 saturated carbocycles. The molecule has 2 heterocycles. The van der Waals surface area contributed by atoms with Gasteiger partial charge in [-0.05, 0) is 31.9 Å². The number of rotatable bonds is 2. The number of piperidine rings is 1. The molecule has 1 aliphatic heterocycles. The maximum Gasteiger partial charge on any atom is 0.0355 e. The molecule has 1 aromatic rings. The molecular weight excluding hydrogens is 160 g/mol. The molecule has 1 aromatic heterocycles. The van der Waals surface area contributed by atoms with E-state index in [9.17, 15) is 0 Å². The number of hydrogen-bond donors (Lipinski definition) is 0. The molecule has 0 unspecified atom stereocenters. The van der Waals surface area contributed by atoms with Crippen LogP contribution >= 0.6 is 0 Å². The Hall–Kier alpha value is -0.760. The quantitative estimate of drug-likeness (QED) is 0.673. The van der Waals surface area contributed by atoms with Crippen LogP contribution in [0.4, 0.5) is 0 Å². The highest BCUT2D eigenvalue weighted by molar-refractivity contribution is 4.94. The average Bonchev–Trinajstić information content (AvgIpc) is 2.71. The molecule has 0 aromatic carbocycles. The standard InChI is InChI=1S/C11H17N2/c1-2-12-9-5-11(6-10-12)13-7-3-4-8-13/h2-4,7-8,11H,5-6,9-10H2,1H3. The molecule has 0 bridgehead atoms. The summed E-state index contributed by atoms with van der Waals surface area (Å²) in [6.45, 7) is 6.74. The first kappa shape index (κ1) is 8.82. The van der Waals surface area contributed by atoms with E-state index >= 15 is 0 Å². The predicted molar refractivity (Wildman–Crippen MR) is 54.3 cm³/mol. The van der Waals surface area contributed by atoms with E-state index in [1.54, 1.807) is 0 Å². The number of likely N-dealkylation sites (tertiary alicyclic amines) is 1. The van der Waals surface area contributed by atoms with Gasteiger partial charge in [-0.25, -0.2) is 0 Å². The fourth-order valence-electron chi connectivity index (χ4n) is 2.03. The van der Waals surface area contributed by atoms with Gasteiger partial charge in [0.15, 0.2) is 0 Å². The van der Waals surface area contributed by atoms with Crippen LogP contribution in [0.25, 0.3) is 0 Å². The van der Waals surface area contributed by atoms with Crippen LogP contribution in [-0.2, 0) is 0 Å². The largest absolute Gasteiger partial charge is 0.351 e. The lowest BCUT2D eigenvalue weighted by Crippen LogP contribution is -2.31. The number of nitrogens with zero attached hydrogens (tertiary/aromatic N) is 2. The van der Waals surface area contributed by atoms with Gasteiger partial charge in [0.05, 0.1) is 0 Å². The zero-order valence-corrected chi connectivity index (χ0v) is 8.19. The van der Waals surface area contributed by atoms with Gasteiger partial charge in [0.2, 0.25) is 0 Å². The third-order valence-corrected chi connectivity index (χ3v) is 2.91. The zero-order chi connectivity index (χ0) is 9.10. The summed E-state index contributed by atoms with van der Waals surface area (Å²) in [5.41, 5.74) is 0. The highest BCUT2D eigenvalue weighted by Crippen LogP contribution is 2.22. The van der Waals surface area contributed by atoms with Gasteiger partial charge < -0.3 is 4.57 Å². The van der Waals surface area contributed by atoms with Gasteiger partial charge in [0, 0.05) is 38.1 Å². The van der Waals surface area contributed by atoms with Crippen LogP contribution in [-0.4, -0.2) is 22.6 Å². The molecule has 2 rings (SSSR count). The van der Waals surface area contributed by atoms with Crippen molar-refractivity contribution < 1.29 is 0 Å². The first-order valence-corrected chi connectivity index (χ1v) is 5.06. The molecule has 2 heteroatoms. The Kier molecular flexibility index (Phi) is 2.69. The van der Waals surface area contributed by atoms with Gasteiger partial charge in [-0.1, -0.05) is 0 Å². The summed E-state index contributed by atoms with van der Waals surface area (Å²) in [5, 5.41) is 0. The van der Waals surface area contributed by atoms with Crippen molar-refractivity contribution in [3.05, 3.63) is 31.1 Å². The smallest absolute Gasteiger partial charge is 0.0355 e. The van der Waals surface area contributed by atoms with Crippen LogP contribution in [0.5, 0.6) is 0 Å². The molecule has 13 heavy (non-hydrogen) atoms. The molecule has 0 aliphatic carbocycles. The van der Waals surface area contributed by atoms with Crippen molar-refractivity contribution in [3.8, 4) is 0 Å². The summed E-state index contributed by atoms with van der Waals surface area (Å²) in [7, 11) is 0. The lowest BCUT2D eigenvalue weighted by atomic mass is 10.1. The second-order valence-electron chi connectivity index (χ2n) is 3.66. The van der Waals surface area contributed by atoms with Crippen molar-refractivity contribution >= 4 is 0 Å². The van der Waals surface area contributed by atoms with Crippen LogP contribution in [0, 0.1) is 6.54 Å². The Morgan fingerprint density at radius 3 is 2.31 bits per heavy atom. The second-order valence-corrected chi connectivity index (χ2v) is 3.66. The summed E-state index contributed by atoms with van der Waals surface area (Å²) in [5.74, 6) is 0. The highest BCUT2D eigenvalue weighted by atomic mass is 15.1. The maximum atomic E-state index is 2.40. The van der Waals surface area contributed by atoms with E-state index in [2.05, 4.69) is 47.5 Å². The van der Waals surface area contributed by atoms with E-state index in [0.717, 1.165) is 6.04 Å². The van der Waals surface area contributed by atoms with Gasteiger partial charge in [0.25, 0.3) is 0 Å². The maximum absolute atomic E-state index is 2.40. The Bertz CT molecular complexity index is 233. The van der Waals surface area contributed by atoms with E-state index in [-0.39, 0.29) is 0 Å². The topological polar surface area (TPSA) is 8.17 Å². The first-order valence-electron chi connectivity index (χ1n) is 5.06.